The molecule has 2 N–H and O–H groups in total. The molecule has 0 saturated carbocycles. The summed E-state index contributed by atoms with van der Waals surface area (Å²) < 4.78 is 0. The number of aromatic nitrogens is 3. The van der Waals surface area contributed by atoms with Gasteiger partial charge in [-0.1, -0.05) is 0 Å². The number of rotatable bonds is 4. The Morgan fingerprint density at radius 3 is 2.36 bits per heavy atom. The minimum absolute atomic E-state index is 0.403. The third-order valence-electron chi connectivity index (χ3n) is 4.88. The Morgan fingerprint density at radius 2 is 1.71 bits per heavy atom. The minimum Gasteiger partial charge on any atom is -0.368 e. The maximum absolute atomic E-state index is 11.2. The molecule has 0 aliphatic carbocycles. The van der Waals surface area contributed by atoms with Gasteiger partial charge in [0, 0.05) is 67.1 Å². The first-order valence-electron chi connectivity index (χ1n) is 9.26. The van der Waals surface area contributed by atoms with E-state index in [1.807, 2.05) is 37.3 Å². The van der Waals surface area contributed by atoms with E-state index >= 15 is 0 Å². The van der Waals surface area contributed by atoms with E-state index in [9.17, 15) is 4.79 Å². The molecular formula is C21H22N6O. The zero-order chi connectivity index (χ0) is 19.5. The molecule has 0 spiro atoms. The molecular weight excluding hydrogens is 352 g/mol. The van der Waals surface area contributed by atoms with Crippen molar-refractivity contribution in [2.45, 2.75) is 6.92 Å². The van der Waals surface area contributed by atoms with Crippen LogP contribution in [0.25, 0.3) is 11.4 Å². The molecule has 2 aromatic heterocycles. The average molecular weight is 374 g/mol. The summed E-state index contributed by atoms with van der Waals surface area (Å²) in [5, 5.41) is 0. The van der Waals surface area contributed by atoms with Crippen molar-refractivity contribution in [2.75, 3.05) is 36.0 Å². The Hall–Kier alpha value is -3.48. The average Bonchev–Trinajstić information content (AvgIpc) is 2.74. The molecule has 0 atom stereocenters. The summed E-state index contributed by atoms with van der Waals surface area (Å²) >= 11 is 0. The lowest BCUT2D eigenvalue weighted by Crippen LogP contribution is -2.46. The summed E-state index contributed by atoms with van der Waals surface area (Å²) in [5.74, 6) is 1.24. The molecule has 7 heteroatoms. The molecule has 1 saturated heterocycles. The van der Waals surface area contributed by atoms with Crippen molar-refractivity contribution >= 4 is 17.4 Å². The number of aryl methyl sites for hydroxylation is 1. The molecule has 4 rings (SSSR count). The van der Waals surface area contributed by atoms with Gasteiger partial charge in [-0.3, -0.25) is 9.78 Å². The molecule has 0 radical (unpaired) electrons. The Morgan fingerprint density at radius 1 is 1.00 bits per heavy atom. The van der Waals surface area contributed by atoms with Crippen LogP contribution in [0, 0.1) is 6.92 Å². The van der Waals surface area contributed by atoms with Gasteiger partial charge in [0.15, 0.2) is 5.82 Å². The second-order valence-electron chi connectivity index (χ2n) is 6.82. The quantitative estimate of drug-likeness (QED) is 0.754. The number of hydrogen-bond donors (Lipinski definition) is 1. The highest BCUT2D eigenvalue weighted by molar-refractivity contribution is 5.93. The smallest absolute Gasteiger partial charge is 0.248 e. The van der Waals surface area contributed by atoms with Crippen molar-refractivity contribution in [3.8, 4) is 11.4 Å². The third kappa shape index (κ3) is 3.78. The van der Waals surface area contributed by atoms with E-state index in [0.717, 1.165) is 48.9 Å². The van der Waals surface area contributed by atoms with E-state index in [1.165, 1.54) is 0 Å². The van der Waals surface area contributed by atoms with E-state index in [4.69, 9.17) is 10.7 Å². The lowest BCUT2D eigenvalue weighted by molar-refractivity contribution is 0.100. The number of amides is 1. The standard InChI is InChI=1S/C21H22N6O/c1-15-13-19(25-21(24-15)17-3-2-8-23-14-17)27-11-9-26(10-12-27)18-6-4-16(5-7-18)20(22)28/h2-8,13-14H,9-12H2,1H3,(H2,22,28). The number of carbonyl (C=O) groups excluding carboxylic acids is 1. The van der Waals surface area contributed by atoms with Gasteiger partial charge in [0.25, 0.3) is 0 Å². The number of primary amides is 1. The van der Waals surface area contributed by atoms with Gasteiger partial charge < -0.3 is 15.5 Å². The lowest BCUT2D eigenvalue weighted by atomic mass is 10.1. The number of nitrogens with zero attached hydrogens (tertiary/aromatic N) is 5. The van der Waals surface area contributed by atoms with Crippen LogP contribution in [-0.4, -0.2) is 47.0 Å². The van der Waals surface area contributed by atoms with Crippen molar-refractivity contribution in [3.05, 3.63) is 66.1 Å². The predicted molar refractivity (Wildman–Crippen MR) is 109 cm³/mol. The first-order chi connectivity index (χ1) is 13.6. The molecule has 1 aromatic carbocycles. The topological polar surface area (TPSA) is 88.2 Å². The number of pyridine rings is 1. The highest BCUT2D eigenvalue weighted by Crippen LogP contribution is 2.23. The number of carbonyl (C=O) groups is 1. The summed E-state index contributed by atoms with van der Waals surface area (Å²) in [6, 6.07) is 13.3. The molecule has 1 aliphatic heterocycles. The third-order valence-corrected chi connectivity index (χ3v) is 4.88. The van der Waals surface area contributed by atoms with Crippen molar-refractivity contribution in [3.63, 3.8) is 0 Å². The van der Waals surface area contributed by atoms with Gasteiger partial charge in [0.1, 0.15) is 5.82 Å². The van der Waals surface area contributed by atoms with Gasteiger partial charge >= 0.3 is 0 Å². The van der Waals surface area contributed by atoms with Gasteiger partial charge in [-0.15, -0.1) is 0 Å². The largest absolute Gasteiger partial charge is 0.368 e. The van der Waals surface area contributed by atoms with Crippen LogP contribution in [0.1, 0.15) is 16.1 Å². The molecule has 1 fully saturated rings. The lowest BCUT2D eigenvalue weighted by Gasteiger charge is -2.37. The van der Waals surface area contributed by atoms with Crippen molar-refractivity contribution in [1.29, 1.82) is 0 Å². The van der Waals surface area contributed by atoms with Crippen molar-refractivity contribution in [2.24, 2.45) is 5.73 Å². The number of benzene rings is 1. The van der Waals surface area contributed by atoms with Crippen molar-refractivity contribution < 1.29 is 4.79 Å². The molecule has 1 aliphatic rings. The Kier molecular flexibility index (Phi) is 4.89. The van der Waals surface area contributed by atoms with E-state index in [-0.39, 0.29) is 0 Å². The van der Waals surface area contributed by atoms with E-state index < -0.39 is 5.91 Å². The van der Waals surface area contributed by atoms with Gasteiger partial charge in [0.2, 0.25) is 5.91 Å². The Bertz CT molecular complexity index is 966. The SMILES string of the molecule is Cc1cc(N2CCN(c3ccc(C(N)=O)cc3)CC2)nc(-c2cccnc2)n1. The molecule has 3 aromatic rings. The first kappa shape index (κ1) is 17.9. The molecule has 1 amide bonds. The molecule has 28 heavy (non-hydrogen) atoms. The molecule has 3 heterocycles. The molecule has 7 nitrogen and oxygen atoms in total. The van der Waals surface area contributed by atoms with Crippen LogP contribution in [0.15, 0.2) is 54.9 Å². The fraction of sp³-hybridized carbons (Fsp3) is 0.238. The van der Waals surface area contributed by atoms with Gasteiger partial charge in [-0.05, 0) is 43.3 Å². The zero-order valence-electron chi connectivity index (χ0n) is 15.7. The first-order valence-corrected chi connectivity index (χ1v) is 9.26. The van der Waals surface area contributed by atoms with Crippen molar-refractivity contribution in [1.82, 2.24) is 15.0 Å². The molecule has 0 bridgehead atoms. The second kappa shape index (κ2) is 7.64. The summed E-state index contributed by atoms with van der Waals surface area (Å²) in [7, 11) is 0. The summed E-state index contributed by atoms with van der Waals surface area (Å²) in [6.45, 7) is 5.46. The van der Waals surface area contributed by atoms with Crippen LogP contribution in [0.2, 0.25) is 0 Å². The molecule has 0 unspecified atom stereocenters. The summed E-state index contributed by atoms with van der Waals surface area (Å²) in [5.41, 5.74) is 8.80. The maximum Gasteiger partial charge on any atom is 0.248 e. The van der Waals surface area contributed by atoms with Crippen LogP contribution in [0.3, 0.4) is 0 Å². The van der Waals surface area contributed by atoms with E-state index in [1.54, 1.807) is 24.5 Å². The Labute approximate surface area is 163 Å². The van der Waals surface area contributed by atoms with Crippen LogP contribution in [-0.2, 0) is 0 Å². The number of piperazine rings is 1. The van der Waals surface area contributed by atoms with Gasteiger partial charge in [0.05, 0.1) is 0 Å². The predicted octanol–water partition coefficient (Wildman–Crippen LogP) is 2.27. The zero-order valence-corrected chi connectivity index (χ0v) is 15.7. The Balaban J connectivity index is 1.48. The fourth-order valence-corrected chi connectivity index (χ4v) is 3.37. The molecule has 142 valence electrons. The maximum atomic E-state index is 11.2. The van der Waals surface area contributed by atoms with Crippen LogP contribution in [0.4, 0.5) is 11.5 Å². The minimum atomic E-state index is -0.403. The second-order valence-corrected chi connectivity index (χ2v) is 6.82. The van der Waals surface area contributed by atoms with E-state index in [2.05, 4.69) is 19.8 Å². The summed E-state index contributed by atoms with van der Waals surface area (Å²) in [6.07, 6.45) is 3.53. The number of anilines is 2. The fourth-order valence-electron chi connectivity index (χ4n) is 3.37. The highest BCUT2D eigenvalue weighted by atomic mass is 16.1. The van der Waals surface area contributed by atoms with Crippen LogP contribution in [0.5, 0.6) is 0 Å². The normalized spacial score (nSPS) is 14.2. The number of nitrogens with two attached hydrogens (primary N) is 1. The van der Waals surface area contributed by atoms with E-state index in [0.29, 0.717) is 11.4 Å². The van der Waals surface area contributed by atoms with Gasteiger partial charge in [-0.2, -0.15) is 0 Å². The highest BCUT2D eigenvalue weighted by Gasteiger charge is 2.19. The number of hydrogen-bond acceptors (Lipinski definition) is 6. The van der Waals surface area contributed by atoms with Gasteiger partial charge in [-0.25, -0.2) is 9.97 Å². The summed E-state index contributed by atoms with van der Waals surface area (Å²) in [4.78, 5) is 29.3. The van der Waals surface area contributed by atoms with Crippen LogP contribution < -0.4 is 15.5 Å². The van der Waals surface area contributed by atoms with Crippen LogP contribution >= 0.6 is 0 Å². The monoisotopic (exact) mass is 374 g/mol.